The van der Waals surface area contributed by atoms with Gasteiger partial charge in [-0.25, -0.2) is 14.4 Å². The molecule has 0 bridgehead atoms. The van der Waals surface area contributed by atoms with Crippen LogP contribution in [0.5, 0.6) is 0 Å². The number of nitrogens with one attached hydrogen (secondary N) is 1. The van der Waals surface area contributed by atoms with Crippen LogP contribution in [0.25, 0.3) is 0 Å². The number of hydrogen-bond acceptors (Lipinski definition) is 4. The zero-order valence-corrected chi connectivity index (χ0v) is 14.6. The minimum Gasteiger partial charge on any atom is -0.352 e. The van der Waals surface area contributed by atoms with E-state index in [1.807, 2.05) is 12.1 Å². The second-order valence-electron chi connectivity index (χ2n) is 6.01. The van der Waals surface area contributed by atoms with Crippen molar-refractivity contribution in [2.45, 2.75) is 13.5 Å². The number of nitrogens with zero attached hydrogens (tertiary/aromatic N) is 5. The molecule has 0 saturated carbocycles. The Morgan fingerprint density at radius 1 is 1.20 bits per heavy atom. The summed E-state index contributed by atoms with van der Waals surface area (Å²) < 4.78 is 13.7. The summed E-state index contributed by atoms with van der Waals surface area (Å²) in [5.41, 5.74) is 1.56. The zero-order chi connectivity index (χ0) is 17.6. The topological polar surface area (TPSA) is 56.7 Å². The van der Waals surface area contributed by atoms with E-state index >= 15 is 0 Å². The van der Waals surface area contributed by atoms with Crippen LogP contribution in [-0.2, 0) is 6.54 Å². The quantitative estimate of drug-likeness (QED) is 0.681. The summed E-state index contributed by atoms with van der Waals surface area (Å²) in [6, 6.07) is 7.12. The fourth-order valence-corrected chi connectivity index (χ4v) is 2.83. The fraction of sp³-hybridized carbons (Fsp3) is 0.389. The van der Waals surface area contributed by atoms with E-state index in [4.69, 9.17) is 0 Å². The molecule has 2 aromatic rings. The number of piperazine rings is 1. The first-order chi connectivity index (χ1) is 12.2. The third kappa shape index (κ3) is 4.23. The number of aryl methyl sites for hydroxylation is 1. The maximum atomic E-state index is 13.7. The fourth-order valence-electron chi connectivity index (χ4n) is 2.83. The smallest absolute Gasteiger partial charge is 0.225 e. The van der Waals surface area contributed by atoms with Gasteiger partial charge in [-0.3, -0.25) is 4.99 Å². The van der Waals surface area contributed by atoms with Gasteiger partial charge in [-0.15, -0.1) is 0 Å². The lowest BCUT2D eigenvalue weighted by molar-refractivity contribution is 0.370. The molecule has 1 aliphatic rings. The standard InChI is InChI=1S/C18H23FN6/c1-14-4-5-15(12-16(14)19)13-23-17(20-2)24-8-10-25(11-9-24)18-21-6-3-7-22-18/h3-7,12H,8-11,13H2,1-2H3,(H,20,23). The molecule has 1 fully saturated rings. The first-order valence-electron chi connectivity index (χ1n) is 8.40. The Morgan fingerprint density at radius 3 is 2.56 bits per heavy atom. The summed E-state index contributed by atoms with van der Waals surface area (Å²) in [6.07, 6.45) is 3.52. The molecule has 7 heteroatoms. The Kier molecular flexibility index (Phi) is 5.42. The Balaban J connectivity index is 1.55. The number of aromatic nitrogens is 2. The number of anilines is 1. The average molecular weight is 342 g/mol. The largest absolute Gasteiger partial charge is 0.352 e. The van der Waals surface area contributed by atoms with Crippen molar-refractivity contribution in [2.24, 2.45) is 4.99 Å². The molecule has 1 aliphatic heterocycles. The van der Waals surface area contributed by atoms with Gasteiger partial charge in [0.05, 0.1) is 0 Å². The van der Waals surface area contributed by atoms with Gasteiger partial charge in [0.1, 0.15) is 5.82 Å². The molecule has 0 spiro atoms. The van der Waals surface area contributed by atoms with Crippen LogP contribution in [0.4, 0.5) is 10.3 Å². The monoisotopic (exact) mass is 342 g/mol. The van der Waals surface area contributed by atoms with Crippen molar-refractivity contribution in [1.29, 1.82) is 0 Å². The molecule has 0 aliphatic carbocycles. The molecule has 1 saturated heterocycles. The van der Waals surface area contributed by atoms with Crippen molar-refractivity contribution >= 4 is 11.9 Å². The molecule has 0 unspecified atom stereocenters. The second kappa shape index (κ2) is 7.92. The minimum absolute atomic E-state index is 0.175. The molecule has 0 atom stereocenters. The SMILES string of the molecule is CN=C(NCc1ccc(C)c(F)c1)N1CCN(c2ncccn2)CC1. The predicted octanol–water partition coefficient (Wildman–Crippen LogP) is 1.82. The van der Waals surface area contributed by atoms with Crippen molar-refractivity contribution in [3.8, 4) is 0 Å². The molecule has 3 rings (SSSR count). The van der Waals surface area contributed by atoms with E-state index in [-0.39, 0.29) is 5.82 Å². The maximum Gasteiger partial charge on any atom is 0.225 e. The van der Waals surface area contributed by atoms with Crippen molar-refractivity contribution in [3.63, 3.8) is 0 Å². The van der Waals surface area contributed by atoms with Crippen LogP contribution in [0.2, 0.25) is 0 Å². The molecular formula is C18H23FN6. The Labute approximate surface area is 147 Å². The lowest BCUT2D eigenvalue weighted by Gasteiger charge is -2.36. The van der Waals surface area contributed by atoms with E-state index in [2.05, 4.69) is 30.1 Å². The van der Waals surface area contributed by atoms with Crippen LogP contribution < -0.4 is 10.2 Å². The van der Waals surface area contributed by atoms with Crippen molar-refractivity contribution < 1.29 is 4.39 Å². The Bertz CT molecular complexity index is 726. The van der Waals surface area contributed by atoms with E-state index < -0.39 is 0 Å². The lowest BCUT2D eigenvalue weighted by Crippen LogP contribution is -2.52. The van der Waals surface area contributed by atoms with Gasteiger partial charge in [0.2, 0.25) is 5.95 Å². The summed E-state index contributed by atoms with van der Waals surface area (Å²) in [5.74, 6) is 1.42. The molecule has 132 valence electrons. The second-order valence-corrected chi connectivity index (χ2v) is 6.01. The van der Waals surface area contributed by atoms with Gasteiger partial charge in [0.25, 0.3) is 0 Å². The summed E-state index contributed by atoms with van der Waals surface area (Å²) >= 11 is 0. The summed E-state index contributed by atoms with van der Waals surface area (Å²) in [5, 5.41) is 3.32. The highest BCUT2D eigenvalue weighted by atomic mass is 19.1. The van der Waals surface area contributed by atoms with Crippen molar-refractivity contribution in [3.05, 3.63) is 53.6 Å². The van der Waals surface area contributed by atoms with Crippen molar-refractivity contribution in [2.75, 3.05) is 38.1 Å². The summed E-state index contributed by atoms with van der Waals surface area (Å²) in [6.45, 7) is 5.65. The number of hydrogen-bond donors (Lipinski definition) is 1. The normalized spacial score (nSPS) is 15.4. The van der Waals surface area contributed by atoms with Crippen LogP contribution >= 0.6 is 0 Å². The van der Waals surface area contributed by atoms with Crippen molar-refractivity contribution in [1.82, 2.24) is 20.2 Å². The molecular weight excluding hydrogens is 319 g/mol. The molecule has 1 aromatic carbocycles. The molecule has 0 amide bonds. The average Bonchev–Trinajstić information content (AvgIpc) is 2.66. The molecule has 6 nitrogen and oxygen atoms in total. The third-order valence-electron chi connectivity index (χ3n) is 4.31. The minimum atomic E-state index is -0.175. The third-order valence-corrected chi connectivity index (χ3v) is 4.31. The van der Waals surface area contributed by atoms with Crippen LogP contribution in [0.3, 0.4) is 0 Å². The van der Waals surface area contributed by atoms with Gasteiger partial charge in [-0.05, 0) is 30.2 Å². The van der Waals surface area contributed by atoms with Crippen LogP contribution in [-0.4, -0.2) is 54.1 Å². The summed E-state index contributed by atoms with van der Waals surface area (Å²) in [4.78, 5) is 17.3. The lowest BCUT2D eigenvalue weighted by atomic mass is 10.1. The highest BCUT2D eigenvalue weighted by Crippen LogP contribution is 2.11. The molecule has 0 radical (unpaired) electrons. The maximum absolute atomic E-state index is 13.7. The molecule has 1 N–H and O–H groups in total. The van der Waals surface area contributed by atoms with Crippen LogP contribution in [0, 0.1) is 12.7 Å². The van der Waals surface area contributed by atoms with E-state index in [0.29, 0.717) is 12.1 Å². The number of benzene rings is 1. The first-order valence-corrected chi connectivity index (χ1v) is 8.40. The predicted molar refractivity (Wildman–Crippen MR) is 97.2 cm³/mol. The first kappa shape index (κ1) is 17.1. The number of aliphatic imine (C=N–C) groups is 1. The van der Waals surface area contributed by atoms with E-state index in [1.54, 1.807) is 38.5 Å². The van der Waals surface area contributed by atoms with E-state index in [0.717, 1.165) is 43.7 Å². The number of rotatable bonds is 3. The van der Waals surface area contributed by atoms with Gasteiger partial charge in [-0.2, -0.15) is 0 Å². The van der Waals surface area contributed by atoms with Gasteiger partial charge in [0, 0.05) is 52.2 Å². The number of guanidine groups is 1. The van der Waals surface area contributed by atoms with Gasteiger partial charge < -0.3 is 15.1 Å². The zero-order valence-electron chi connectivity index (χ0n) is 14.6. The van der Waals surface area contributed by atoms with E-state index in [9.17, 15) is 4.39 Å². The number of halogens is 1. The Hall–Kier alpha value is -2.70. The van der Waals surface area contributed by atoms with Gasteiger partial charge >= 0.3 is 0 Å². The highest BCUT2D eigenvalue weighted by molar-refractivity contribution is 5.80. The van der Waals surface area contributed by atoms with Crippen LogP contribution in [0.15, 0.2) is 41.7 Å². The van der Waals surface area contributed by atoms with E-state index in [1.165, 1.54) is 0 Å². The summed E-state index contributed by atoms with van der Waals surface area (Å²) in [7, 11) is 1.77. The molecule has 1 aromatic heterocycles. The Morgan fingerprint density at radius 2 is 1.92 bits per heavy atom. The van der Waals surface area contributed by atoms with Gasteiger partial charge in [-0.1, -0.05) is 12.1 Å². The molecule has 2 heterocycles. The van der Waals surface area contributed by atoms with Crippen LogP contribution in [0.1, 0.15) is 11.1 Å². The molecule has 25 heavy (non-hydrogen) atoms. The van der Waals surface area contributed by atoms with Gasteiger partial charge in [0.15, 0.2) is 5.96 Å². The highest BCUT2D eigenvalue weighted by Gasteiger charge is 2.20.